The summed E-state index contributed by atoms with van der Waals surface area (Å²) in [6.07, 6.45) is -0.505. The number of anilines is 2. The van der Waals surface area contributed by atoms with Gasteiger partial charge in [-0.05, 0) is 45.0 Å². The van der Waals surface area contributed by atoms with E-state index in [0.717, 1.165) is 5.39 Å². The predicted molar refractivity (Wildman–Crippen MR) is 132 cm³/mol. The van der Waals surface area contributed by atoms with Crippen molar-refractivity contribution in [2.45, 2.75) is 60.6 Å². The maximum Gasteiger partial charge on any atom is 0.417 e. The second-order valence-corrected chi connectivity index (χ2v) is 7.87. The van der Waals surface area contributed by atoms with Crippen LogP contribution in [-0.2, 0) is 11.3 Å². The number of amides is 1. The molecule has 33 heavy (non-hydrogen) atoms. The molecule has 0 radical (unpaired) electrons. The number of aromatic nitrogens is 4. The predicted octanol–water partition coefficient (Wildman–Crippen LogP) is 5.07. The average molecular weight is 475 g/mol. The number of carbonyl (C=O) groups excluding carboxylic acids is 1. The molecule has 1 aliphatic rings. The van der Waals surface area contributed by atoms with Crippen LogP contribution in [0.25, 0.3) is 10.9 Å². The van der Waals surface area contributed by atoms with Gasteiger partial charge in [-0.15, -0.1) is 0 Å². The van der Waals surface area contributed by atoms with Crippen LogP contribution in [0.1, 0.15) is 52.9 Å². The van der Waals surface area contributed by atoms with E-state index in [2.05, 4.69) is 25.3 Å². The van der Waals surface area contributed by atoms with Crippen LogP contribution in [0.4, 0.5) is 16.7 Å². The molecule has 0 bridgehead atoms. The molecule has 1 saturated heterocycles. The Morgan fingerprint density at radius 3 is 2.45 bits per heavy atom. The summed E-state index contributed by atoms with van der Waals surface area (Å²) in [6, 6.07) is 7.02. The first kappa shape index (κ1) is 26.1. The summed E-state index contributed by atoms with van der Waals surface area (Å²) in [5, 5.41) is 4.43. The van der Waals surface area contributed by atoms with E-state index < -0.39 is 11.7 Å². The largest absolute Gasteiger partial charge is 0.441 e. The Morgan fingerprint density at radius 1 is 1.12 bits per heavy atom. The van der Waals surface area contributed by atoms with Gasteiger partial charge in [0.25, 0.3) is 5.56 Å². The van der Waals surface area contributed by atoms with Gasteiger partial charge in [0.05, 0.1) is 6.54 Å². The molecule has 9 nitrogen and oxygen atoms in total. The Bertz CT molecular complexity index is 1180. The molecule has 0 atom stereocenters. The molecule has 0 unspecified atom stereocenters. The summed E-state index contributed by atoms with van der Waals surface area (Å²) in [7, 11) is 0. The molecule has 0 aliphatic carbocycles. The van der Waals surface area contributed by atoms with E-state index in [1.807, 2.05) is 41.5 Å². The lowest BCUT2D eigenvalue weighted by Crippen LogP contribution is -2.30. The Morgan fingerprint density at radius 2 is 1.82 bits per heavy atom. The lowest BCUT2D eigenvalue weighted by Gasteiger charge is -2.15. The number of carbonyl (C=O) groups is 1. The van der Waals surface area contributed by atoms with Crippen molar-refractivity contribution in [1.82, 2.24) is 19.9 Å². The summed E-state index contributed by atoms with van der Waals surface area (Å²) in [5.74, 6) is 0.902. The van der Waals surface area contributed by atoms with Crippen LogP contribution in [0, 0.1) is 6.92 Å². The smallest absolute Gasteiger partial charge is 0.417 e. The first-order chi connectivity index (χ1) is 15.7. The van der Waals surface area contributed by atoms with E-state index >= 15 is 0 Å². The second-order valence-electron chi connectivity index (χ2n) is 7.43. The molecule has 1 aromatic carbocycles. The average Bonchev–Trinajstić information content (AvgIpc) is 3.07. The van der Waals surface area contributed by atoms with Crippen molar-refractivity contribution in [3.8, 4) is 0 Å². The van der Waals surface area contributed by atoms with Crippen LogP contribution in [0.5, 0.6) is 0 Å². The molecule has 1 aliphatic heterocycles. The van der Waals surface area contributed by atoms with Crippen molar-refractivity contribution in [3.05, 3.63) is 51.0 Å². The van der Waals surface area contributed by atoms with E-state index in [0.29, 0.717) is 28.5 Å². The fourth-order valence-electron chi connectivity index (χ4n) is 3.12. The zero-order valence-electron chi connectivity index (χ0n) is 20.1. The van der Waals surface area contributed by atoms with Gasteiger partial charge < -0.3 is 15.0 Å². The van der Waals surface area contributed by atoms with Crippen LogP contribution >= 0.6 is 11.6 Å². The number of fused-ring (bicyclic) bond motifs is 1. The molecule has 178 valence electrons. The number of hydrogen-bond acceptors (Lipinski definition) is 7. The van der Waals surface area contributed by atoms with Gasteiger partial charge in [-0.2, -0.15) is 15.0 Å². The number of cyclic esters (lactones) is 1. The van der Waals surface area contributed by atoms with Crippen LogP contribution in [0.3, 0.4) is 0 Å². The number of nitrogens with one attached hydrogen (secondary N) is 2. The van der Waals surface area contributed by atoms with Gasteiger partial charge in [-0.25, -0.2) is 9.69 Å². The van der Waals surface area contributed by atoms with Crippen LogP contribution in [0.15, 0.2) is 29.1 Å². The Balaban J connectivity index is 0.000000914. The Labute approximate surface area is 198 Å². The summed E-state index contributed by atoms with van der Waals surface area (Å²) in [5.41, 5.74) is 0.367. The molecule has 0 saturated carbocycles. The Hall–Kier alpha value is -3.20. The third-order valence-corrected chi connectivity index (χ3v) is 4.65. The van der Waals surface area contributed by atoms with Gasteiger partial charge in [0.1, 0.15) is 11.4 Å². The van der Waals surface area contributed by atoms with E-state index in [4.69, 9.17) is 16.3 Å². The molecule has 3 aromatic rings. The third-order valence-electron chi connectivity index (χ3n) is 4.42. The highest BCUT2D eigenvalue weighted by Crippen LogP contribution is 2.25. The van der Waals surface area contributed by atoms with Gasteiger partial charge in [0.2, 0.25) is 11.9 Å². The summed E-state index contributed by atoms with van der Waals surface area (Å²) in [4.78, 5) is 41.4. The van der Waals surface area contributed by atoms with Crippen molar-refractivity contribution in [3.63, 3.8) is 0 Å². The quantitative estimate of drug-likeness (QED) is 0.542. The number of benzene rings is 1. The lowest BCUT2D eigenvalue weighted by atomic mass is 10.1. The van der Waals surface area contributed by atoms with Crippen LogP contribution in [-0.4, -0.2) is 38.2 Å². The Kier molecular flexibility index (Phi) is 8.76. The number of hydrogen-bond donors (Lipinski definition) is 2. The van der Waals surface area contributed by atoms with Crippen LogP contribution in [0.2, 0.25) is 5.02 Å². The number of H-pyrrole nitrogens is 1. The highest BCUT2D eigenvalue weighted by molar-refractivity contribution is 6.31. The molecule has 4 rings (SSSR count). The van der Waals surface area contributed by atoms with Crippen molar-refractivity contribution in [2.75, 3.05) is 16.8 Å². The minimum atomic E-state index is -0.620. The third kappa shape index (κ3) is 6.41. The van der Waals surface area contributed by atoms with Gasteiger partial charge in [0.15, 0.2) is 0 Å². The highest BCUT2D eigenvalue weighted by Gasteiger charge is 2.40. The summed E-state index contributed by atoms with van der Waals surface area (Å²) >= 11 is 6.04. The summed E-state index contributed by atoms with van der Waals surface area (Å²) < 4.78 is 5.30. The van der Waals surface area contributed by atoms with Crippen molar-refractivity contribution < 1.29 is 9.53 Å². The standard InChI is InChI=1S/C19H19ClN6O3.2C2H6/c1-10-22-16(25-17(23-10)26-9-19(2,3)29-18(26)28)21-8-12-6-11-7-13(20)4-5-14(11)24-15(12)27;2*1-2/h4-7H,8-9H2,1-3H3,(H,24,27)(H,21,22,23,25);2*1-2H3. The monoisotopic (exact) mass is 474 g/mol. The molecule has 1 fully saturated rings. The molecular formula is C23H31ClN6O3. The topological polar surface area (TPSA) is 113 Å². The number of nitrogens with zero attached hydrogens (tertiary/aromatic N) is 4. The number of aromatic amines is 1. The van der Waals surface area contributed by atoms with E-state index in [1.54, 1.807) is 31.2 Å². The fourth-order valence-corrected chi connectivity index (χ4v) is 3.30. The maximum atomic E-state index is 12.3. The molecule has 1 amide bonds. The van der Waals surface area contributed by atoms with E-state index in [-0.39, 0.29) is 24.0 Å². The number of aryl methyl sites for hydroxylation is 1. The molecule has 3 heterocycles. The molecule has 2 aromatic heterocycles. The number of ether oxygens (including phenoxy) is 1. The van der Waals surface area contributed by atoms with E-state index in [9.17, 15) is 9.59 Å². The molecule has 10 heteroatoms. The van der Waals surface area contributed by atoms with Gasteiger partial charge in [-0.3, -0.25) is 4.79 Å². The normalized spacial score (nSPS) is 14.1. The van der Waals surface area contributed by atoms with Gasteiger partial charge >= 0.3 is 6.09 Å². The highest BCUT2D eigenvalue weighted by atomic mass is 35.5. The first-order valence-corrected chi connectivity index (χ1v) is 11.4. The van der Waals surface area contributed by atoms with Crippen molar-refractivity contribution >= 4 is 40.5 Å². The van der Waals surface area contributed by atoms with Crippen molar-refractivity contribution in [2.24, 2.45) is 0 Å². The zero-order chi connectivity index (χ0) is 24.8. The van der Waals surface area contributed by atoms with Crippen molar-refractivity contribution in [1.29, 1.82) is 0 Å². The number of halogens is 1. The minimum Gasteiger partial charge on any atom is -0.441 e. The van der Waals surface area contributed by atoms with Crippen LogP contribution < -0.4 is 15.8 Å². The van der Waals surface area contributed by atoms with Gasteiger partial charge in [-0.1, -0.05) is 39.3 Å². The number of rotatable bonds is 4. The SMILES string of the molecule is CC.CC.Cc1nc(NCc2cc3cc(Cl)ccc3[nH]c2=O)nc(N2CC(C)(C)OC2=O)n1. The first-order valence-electron chi connectivity index (χ1n) is 11.0. The minimum absolute atomic E-state index is 0.191. The number of pyridine rings is 1. The van der Waals surface area contributed by atoms with E-state index in [1.165, 1.54) is 4.90 Å². The fraction of sp³-hybridized carbons (Fsp3) is 0.435. The zero-order valence-corrected chi connectivity index (χ0v) is 20.9. The summed E-state index contributed by atoms with van der Waals surface area (Å²) in [6.45, 7) is 13.9. The molecular weight excluding hydrogens is 444 g/mol. The van der Waals surface area contributed by atoms with Gasteiger partial charge in [0, 0.05) is 28.0 Å². The molecule has 2 N–H and O–H groups in total. The maximum absolute atomic E-state index is 12.3. The lowest BCUT2D eigenvalue weighted by molar-refractivity contribution is 0.0871. The second kappa shape index (κ2) is 11.1. The molecule has 0 spiro atoms.